The normalized spacial score (nSPS) is 10.4. The molecule has 5 heteroatoms. The number of aliphatic hydroxyl groups is 1. The van der Waals surface area contributed by atoms with Crippen molar-refractivity contribution >= 4 is 0 Å². The van der Waals surface area contributed by atoms with Gasteiger partial charge in [-0.3, -0.25) is 0 Å². The van der Waals surface area contributed by atoms with E-state index in [4.69, 9.17) is 14.8 Å². The van der Waals surface area contributed by atoms with Gasteiger partial charge in [0.15, 0.2) is 0 Å². The van der Waals surface area contributed by atoms with E-state index >= 15 is 0 Å². The summed E-state index contributed by atoms with van der Waals surface area (Å²) < 4.78 is 18.4. The number of nitrogens with one attached hydrogen (secondary N) is 1. The molecule has 0 aliphatic heterocycles. The molecule has 0 aliphatic carbocycles. The SMILES string of the molecule is N#Cc1ccc(CNCc2ccc(F)c(CO)c2)o1. The molecule has 1 aromatic heterocycles. The number of hydrogen-bond donors (Lipinski definition) is 2. The molecule has 2 rings (SSSR count). The molecule has 0 amide bonds. The summed E-state index contributed by atoms with van der Waals surface area (Å²) in [6.45, 7) is 0.687. The topological polar surface area (TPSA) is 69.2 Å². The Balaban J connectivity index is 1.90. The Labute approximate surface area is 110 Å². The minimum atomic E-state index is -0.407. The standard InChI is InChI=1S/C14H13FN2O2/c15-14-4-1-10(5-11(14)9-18)7-17-8-13-3-2-12(6-16)19-13/h1-5,17-18H,7-9H2. The zero-order valence-corrected chi connectivity index (χ0v) is 10.2. The van der Waals surface area contributed by atoms with E-state index in [0.29, 0.717) is 18.8 Å². The van der Waals surface area contributed by atoms with E-state index in [9.17, 15) is 4.39 Å². The van der Waals surface area contributed by atoms with E-state index < -0.39 is 5.82 Å². The number of aliphatic hydroxyl groups excluding tert-OH is 1. The van der Waals surface area contributed by atoms with E-state index in [1.165, 1.54) is 6.07 Å². The minimum absolute atomic E-state index is 0.279. The first-order valence-corrected chi connectivity index (χ1v) is 5.80. The molecule has 19 heavy (non-hydrogen) atoms. The van der Waals surface area contributed by atoms with Crippen LogP contribution in [0.25, 0.3) is 0 Å². The van der Waals surface area contributed by atoms with Crippen LogP contribution in [0.4, 0.5) is 4.39 Å². The van der Waals surface area contributed by atoms with Crippen LogP contribution >= 0.6 is 0 Å². The molecule has 1 aromatic carbocycles. The van der Waals surface area contributed by atoms with Crippen molar-refractivity contribution in [1.29, 1.82) is 5.26 Å². The van der Waals surface area contributed by atoms with Crippen molar-refractivity contribution in [2.24, 2.45) is 0 Å². The molecular weight excluding hydrogens is 247 g/mol. The second-order valence-corrected chi connectivity index (χ2v) is 4.07. The third kappa shape index (κ3) is 3.41. The lowest BCUT2D eigenvalue weighted by Gasteiger charge is -2.05. The molecule has 0 bridgehead atoms. The van der Waals surface area contributed by atoms with Gasteiger partial charge in [-0.1, -0.05) is 6.07 Å². The van der Waals surface area contributed by atoms with Gasteiger partial charge in [-0.25, -0.2) is 4.39 Å². The zero-order valence-electron chi connectivity index (χ0n) is 10.2. The Morgan fingerprint density at radius 3 is 2.79 bits per heavy atom. The van der Waals surface area contributed by atoms with Crippen LogP contribution in [0.1, 0.15) is 22.6 Å². The van der Waals surface area contributed by atoms with Gasteiger partial charge in [-0.2, -0.15) is 5.26 Å². The summed E-state index contributed by atoms with van der Waals surface area (Å²) in [5.74, 6) is 0.540. The molecule has 0 spiro atoms. The van der Waals surface area contributed by atoms with Gasteiger partial charge in [0.05, 0.1) is 13.2 Å². The lowest BCUT2D eigenvalue weighted by Crippen LogP contribution is -2.12. The highest BCUT2D eigenvalue weighted by Crippen LogP contribution is 2.11. The minimum Gasteiger partial charge on any atom is -0.449 e. The summed E-state index contributed by atoms with van der Waals surface area (Å²) >= 11 is 0. The van der Waals surface area contributed by atoms with Crippen LogP contribution < -0.4 is 5.32 Å². The van der Waals surface area contributed by atoms with Crippen molar-refractivity contribution in [3.63, 3.8) is 0 Å². The van der Waals surface area contributed by atoms with Crippen LogP contribution in [0.2, 0.25) is 0 Å². The monoisotopic (exact) mass is 260 g/mol. The average molecular weight is 260 g/mol. The molecule has 0 radical (unpaired) electrons. The fourth-order valence-corrected chi connectivity index (χ4v) is 1.72. The lowest BCUT2D eigenvalue weighted by molar-refractivity contribution is 0.275. The zero-order chi connectivity index (χ0) is 13.7. The first-order chi connectivity index (χ1) is 9.22. The summed E-state index contributed by atoms with van der Waals surface area (Å²) in [5, 5.41) is 20.7. The second-order valence-electron chi connectivity index (χ2n) is 4.07. The summed E-state index contributed by atoms with van der Waals surface area (Å²) in [7, 11) is 0. The van der Waals surface area contributed by atoms with Crippen molar-refractivity contribution in [2.75, 3.05) is 0 Å². The number of nitrogens with zero attached hydrogens (tertiary/aromatic N) is 1. The number of halogens is 1. The smallest absolute Gasteiger partial charge is 0.203 e. The molecule has 0 saturated carbocycles. The Kier molecular flexibility index (Phi) is 4.29. The number of benzene rings is 1. The Morgan fingerprint density at radius 2 is 2.11 bits per heavy atom. The molecule has 4 nitrogen and oxygen atoms in total. The molecule has 0 aliphatic rings. The summed E-state index contributed by atoms with van der Waals surface area (Å²) in [6, 6.07) is 9.86. The number of hydrogen-bond acceptors (Lipinski definition) is 4. The van der Waals surface area contributed by atoms with Gasteiger partial charge in [0, 0.05) is 12.1 Å². The van der Waals surface area contributed by atoms with Crippen molar-refractivity contribution < 1.29 is 13.9 Å². The van der Waals surface area contributed by atoms with Crippen molar-refractivity contribution in [3.05, 3.63) is 58.8 Å². The fraction of sp³-hybridized carbons (Fsp3) is 0.214. The maximum absolute atomic E-state index is 13.2. The first-order valence-electron chi connectivity index (χ1n) is 5.80. The van der Waals surface area contributed by atoms with Gasteiger partial charge >= 0.3 is 0 Å². The van der Waals surface area contributed by atoms with Crippen LogP contribution in [0, 0.1) is 17.1 Å². The highest BCUT2D eigenvalue weighted by Gasteiger charge is 2.03. The maximum Gasteiger partial charge on any atom is 0.203 e. The maximum atomic E-state index is 13.2. The summed E-state index contributed by atoms with van der Waals surface area (Å²) in [5.41, 5.74) is 1.15. The predicted molar refractivity (Wildman–Crippen MR) is 66.3 cm³/mol. The number of rotatable bonds is 5. The summed E-state index contributed by atoms with van der Waals surface area (Å²) in [4.78, 5) is 0. The van der Waals surface area contributed by atoms with Gasteiger partial charge in [0.1, 0.15) is 17.6 Å². The quantitative estimate of drug-likeness (QED) is 0.863. The molecule has 2 N–H and O–H groups in total. The third-order valence-electron chi connectivity index (χ3n) is 2.68. The van der Waals surface area contributed by atoms with Gasteiger partial charge in [-0.05, 0) is 29.8 Å². The van der Waals surface area contributed by atoms with Crippen LogP contribution in [0.15, 0.2) is 34.7 Å². The van der Waals surface area contributed by atoms with Crippen molar-refractivity contribution in [2.45, 2.75) is 19.7 Å². The Hall–Kier alpha value is -2.16. The molecule has 98 valence electrons. The van der Waals surface area contributed by atoms with Crippen molar-refractivity contribution in [1.82, 2.24) is 5.32 Å². The Morgan fingerprint density at radius 1 is 1.26 bits per heavy atom. The van der Waals surface area contributed by atoms with Crippen molar-refractivity contribution in [3.8, 4) is 6.07 Å². The van der Waals surface area contributed by atoms with Crippen LogP contribution in [0.5, 0.6) is 0 Å². The van der Waals surface area contributed by atoms with Gasteiger partial charge in [0.2, 0.25) is 5.76 Å². The number of nitriles is 1. The van der Waals surface area contributed by atoms with E-state index in [0.717, 1.165) is 5.56 Å². The van der Waals surface area contributed by atoms with E-state index in [-0.39, 0.29) is 17.9 Å². The molecular formula is C14H13FN2O2. The highest BCUT2D eigenvalue weighted by molar-refractivity contribution is 5.24. The predicted octanol–water partition coefficient (Wildman–Crippen LogP) is 2.07. The summed E-state index contributed by atoms with van der Waals surface area (Å²) in [6.07, 6.45) is 0. The third-order valence-corrected chi connectivity index (χ3v) is 2.68. The van der Waals surface area contributed by atoms with E-state index in [1.807, 2.05) is 6.07 Å². The molecule has 0 fully saturated rings. The molecule has 0 unspecified atom stereocenters. The molecule has 1 heterocycles. The average Bonchev–Trinajstić information content (AvgIpc) is 2.88. The first kappa shape index (κ1) is 13.3. The van der Waals surface area contributed by atoms with E-state index in [1.54, 1.807) is 24.3 Å². The number of furan rings is 1. The second kappa shape index (κ2) is 6.14. The van der Waals surface area contributed by atoms with Crippen LogP contribution in [-0.2, 0) is 19.7 Å². The van der Waals surface area contributed by atoms with Gasteiger partial charge in [0.25, 0.3) is 0 Å². The molecule has 2 aromatic rings. The van der Waals surface area contributed by atoms with Gasteiger partial charge in [-0.15, -0.1) is 0 Å². The van der Waals surface area contributed by atoms with Crippen LogP contribution in [0.3, 0.4) is 0 Å². The molecule has 0 saturated heterocycles. The Bertz CT molecular complexity index is 602. The van der Waals surface area contributed by atoms with Gasteiger partial charge < -0.3 is 14.8 Å². The largest absolute Gasteiger partial charge is 0.449 e. The fourth-order valence-electron chi connectivity index (χ4n) is 1.72. The molecule has 0 atom stereocenters. The van der Waals surface area contributed by atoms with Crippen LogP contribution in [-0.4, -0.2) is 5.11 Å². The lowest BCUT2D eigenvalue weighted by atomic mass is 10.1. The highest BCUT2D eigenvalue weighted by atomic mass is 19.1. The van der Waals surface area contributed by atoms with E-state index in [2.05, 4.69) is 5.32 Å².